The Bertz CT molecular complexity index is 1100. The average molecular weight is 448 g/mol. The molecule has 2 aromatic carbocycles. The van der Waals surface area contributed by atoms with Gasteiger partial charge in [0.15, 0.2) is 0 Å². The number of para-hydroxylation sites is 1. The highest BCUT2D eigenvalue weighted by Gasteiger charge is 2.33. The lowest BCUT2D eigenvalue weighted by Gasteiger charge is -2.28. The molecule has 1 aliphatic heterocycles. The van der Waals surface area contributed by atoms with E-state index in [1.165, 1.54) is 6.07 Å². The molecule has 0 bridgehead atoms. The molecule has 0 radical (unpaired) electrons. The number of hydrogen-bond donors (Lipinski definition) is 0. The van der Waals surface area contributed by atoms with Crippen LogP contribution in [-0.2, 0) is 4.79 Å². The second-order valence-electron chi connectivity index (χ2n) is 8.60. The topological polar surface area (TPSA) is 52.6 Å². The Morgan fingerprint density at radius 3 is 2.55 bits per heavy atom. The van der Waals surface area contributed by atoms with Crippen molar-refractivity contribution in [2.75, 3.05) is 44.0 Å². The Balaban J connectivity index is 1.57. The highest BCUT2D eigenvalue weighted by atomic mass is 19.1. The molecule has 1 fully saturated rings. The van der Waals surface area contributed by atoms with Gasteiger partial charge < -0.3 is 14.7 Å². The van der Waals surface area contributed by atoms with Crippen LogP contribution in [0.3, 0.4) is 0 Å². The fourth-order valence-electron chi connectivity index (χ4n) is 4.33. The van der Waals surface area contributed by atoms with Crippen molar-refractivity contribution in [3.05, 3.63) is 72.3 Å². The third-order valence-electron chi connectivity index (χ3n) is 6.10. The summed E-state index contributed by atoms with van der Waals surface area (Å²) in [5.74, 6) is 0.407. The molecule has 6 nitrogen and oxygen atoms in total. The molecule has 33 heavy (non-hydrogen) atoms. The zero-order valence-corrected chi connectivity index (χ0v) is 19.4. The van der Waals surface area contributed by atoms with Crippen molar-refractivity contribution >= 4 is 17.5 Å². The third-order valence-corrected chi connectivity index (χ3v) is 6.10. The van der Waals surface area contributed by atoms with E-state index in [0.717, 1.165) is 29.7 Å². The lowest BCUT2D eigenvalue weighted by molar-refractivity contribution is -0.132. The molecule has 0 aliphatic carbocycles. The molecule has 1 aromatic heterocycles. The minimum absolute atomic E-state index is 0.0599. The Hall–Kier alpha value is -3.48. The molecule has 0 unspecified atom stereocenters. The van der Waals surface area contributed by atoms with E-state index in [4.69, 9.17) is 4.98 Å². The number of rotatable bonds is 7. The molecule has 1 atom stereocenters. The molecule has 3 aromatic rings. The van der Waals surface area contributed by atoms with E-state index in [1.54, 1.807) is 23.1 Å². The summed E-state index contributed by atoms with van der Waals surface area (Å²) in [6, 6.07) is 16.6. The standard InChI is InChI=1S/C26H30FN5O/c1-30(2)26-28-18-20(19-10-5-4-6-11-19)25(29-26)23-14-9-16-32(23)24(33)15-17-31(3)22-13-8-7-12-21(22)27/h4-8,10-13,18,23H,9,14-17H2,1-3H3/t23-/m1/s1. The third kappa shape index (κ3) is 4.97. The Morgan fingerprint density at radius 2 is 1.82 bits per heavy atom. The van der Waals surface area contributed by atoms with Crippen molar-refractivity contribution in [1.82, 2.24) is 14.9 Å². The van der Waals surface area contributed by atoms with Crippen molar-refractivity contribution in [2.24, 2.45) is 0 Å². The monoisotopic (exact) mass is 447 g/mol. The van der Waals surface area contributed by atoms with Crippen LogP contribution in [0.15, 0.2) is 60.8 Å². The maximum absolute atomic E-state index is 14.1. The first-order valence-electron chi connectivity index (χ1n) is 11.3. The number of aromatic nitrogens is 2. The van der Waals surface area contributed by atoms with Crippen LogP contribution >= 0.6 is 0 Å². The van der Waals surface area contributed by atoms with Crippen molar-refractivity contribution < 1.29 is 9.18 Å². The number of anilines is 2. The second-order valence-corrected chi connectivity index (χ2v) is 8.60. The zero-order chi connectivity index (χ0) is 23.4. The normalized spacial score (nSPS) is 15.5. The number of carbonyl (C=O) groups excluding carboxylic acids is 1. The molecule has 0 spiro atoms. The molecule has 172 valence electrons. The minimum Gasteiger partial charge on any atom is -0.372 e. The van der Waals surface area contributed by atoms with Crippen molar-refractivity contribution in [3.63, 3.8) is 0 Å². The first-order valence-corrected chi connectivity index (χ1v) is 11.3. The van der Waals surface area contributed by atoms with Gasteiger partial charge in [-0.2, -0.15) is 0 Å². The van der Waals surface area contributed by atoms with Gasteiger partial charge in [0.2, 0.25) is 11.9 Å². The van der Waals surface area contributed by atoms with Gasteiger partial charge in [0, 0.05) is 52.4 Å². The number of nitrogens with zero attached hydrogens (tertiary/aromatic N) is 5. The van der Waals surface area contributed by atoms with E-state index < -0.39 is 0 Å². The number of likely N-dealkylation sites (tertiary alicyclic amines) is 1. The summed E-state index contributed by atoms with van der Waals surface area (Å²) in [5.41, 5.74) is 3.38. The maximum Gasteiger partial charge on any atom is 0.225 e. The first kappa shape index (κ1) is 22.7. The summed E-state index contributed by atoms with van der Waals surface area (Å²) in [6.07, 6.45) is 3.96. The van der Waals surface area contributed by atoms with Crippen molar-refractivity contribution in [1.29, 1.82) is 0 Å². The largest absolute Gasteiger partial charge is 0.372 e. The van der Waals surface area contributed by atoms with Crippen LogP contribution in [0.2, 0.25) is 0 Å². The fourth-order valence-corrected chi connectivity index (χ4v) is 4.33. The number of amides is 1. The summed E-state index contributed by atoms with van der Waals surface area (Å²) in [6.45, 7) is 1.14. The number of halogens is 1. The summed E-state index contributed by atoms with van der Waals surface area (Å²) in [7, 11) is 5.64. The predicted octanol–water partition coefficient (Wildman–Crippen LogP) is 4.54. The summed E-state index contributed by atoms with van der Waals surface area (Å²) in [4.78, 5) is 28.3. The van der Waals surface area contributed by atoms with Gasteiger partial charge in [0.1, 0.15) is 5.82 Å². The number of carbonyl (C=O) groups is 1. The van der Waals surface area contributed by atoms with E-state index in [1.807, 2.05) is 67.5 Å². The Morgan fingerprint density at radius 1 is 1.09 bits per heavy atom. The molecule has 4 rings (SSSR count). The number of hydrogen-bond acceptors (Lipinski definition) is 5. The SMILES string of the molecule is CN(C)c1ncc(-c2ccccc2)c([C@H]2CCCN2C(=O)CCN(C)c2ccccc2F)n1. The van der Waals surface area contributed by atoms with E-state index in [-0.39, 0.29) is 17.8 Å². The molecular weight excluding hydrogens is 417 g/mol. The first-order chi connectivity index (χ1) is 16.0. The molecule has 1 saturated heterocycles. The van der Waals surface area contributed by atoms with Crippen molar-refractivity contribution in [3.8, 4) is 11.1 Å². The highest BCUT2D eigenvalue weighted by Crippen LogP contribution is 2.37. The van der Waals surface area contributed by atoms with E-state index >= 15 is 0 Å². The number of benzene rings is 2. The average Bonchev–Trinajstić information content (AvgIpc) is 3.33. The quantitative estimate of drug-likeness (QED) is 0.532. The summed E-state index contributed by atoms with van der Waals surface area (Å²) in [5, 5.41) is 0. The van der Waals surface area contributed by atoms with Crippen LogP contribution in [0.1, 0.15) is 31.0 Å². The van der Waals surface area contributed by atoms with Crippen LogP contribution in [0.5, 0.6) is 0 Å². The molecule has 2 heterocycles. The van der Waals surface area contributed by atoms with Crippen molar-refractivity contribution in [2.45, 2.75) is 25.3 Å². The molecule has 0 saturated carbocycles. The van der Waals surface area contributed by atoms with Crippen LogP contribution in [0, 0.1) is 5.82 Å². The predicted molar refractivity (Wildman–Crippen MR) is 130 cm³/mol. The van der Waals surface area contributed by atoms with Crippen LogP contribution in [-0.4, -0.2) is 55.0 Å². The second kappa shape index (κ2) is 9.98. The van der Waals surface area contributed by atoms with E-state index in [2.05, 4.69) is 4.98 Å². The minimum atomic E-state index is -0.281. The van der Waals surface area contributed by atoms with Gasteiger partial charge in [0.05, 0.1) is 17.4 Å². The van der Waals surface area contributed by atoms with E-state index in [0.29, 0.717) is 31.1 Å². The van der Waals surface area contributed by atoms with Crippen LogP contribution in [0.4, 0.5) is 16.0 Å². The van der Waals surface area contributed by atoms with Gasteiger partial charge >= 0.3 is 0 Å². The Kier molecular flexibility index (Phi) is 6.87. The van der Waals surface area contributed by atoms with Crippen LogP contribution < -0.4 is 9.80 Å². The molecule has 1 amide bonds. The lowest BCUT2D eigenvalue weighted by Crippen LogP contribution is -2.34. The van der Waals surface area contributed by atoms with E-state index in [9.17, 15) is 9.18 Å². The molecule has 1 aliphatic rings. The van der Waals surface area contributed by atoms with Crippen LogP contribution in [0.25, 0.3) is 11.1 Å². The van der Waals surface area contributed by atoms with Gasteiger partial charge in [-0.1, -0.05) is 42.5 Å². The maximum atomic E-state index is 14.1. The Labute approximate surface area is 194 Å². The summed E-state index contributed by atoms with van der Waals surface area (Å²) >= 11 is 0. The van der Waals surface area contributed by atoms with Gasteiger partial charge in [-0.3, -0.25) is 4.79 Å². The van der Waals surface area contributed by atoms with Gasteiger partial charge in [-0.15, -0.1) is 0 Å². The fraction of sp³-hybridized carbons (Fsp3) is 0.346. The lowest BCUT2D eigenvalue weighted by atomic mass is 10.00. The molecular formula is C26H30FN5O. The summed E-state index contributed by atoms with van der Waals surface area (Å²) < 4.78 is 14.1. The molecule has 7 heteroatoms. The molecule has 0 N–H and O–H groups in total. The smallest absolute Gasteiger partial charge is 0.225 e. The van der Waals surface area contributed by atoms with Gasteiger partial charge in [-0.05, 0) is 30.5 Å². The van der Waals surface area contributed by atoms with Gasteiger partial charge in [0.25, 0.3) is 0 Å². The zero-order valence-electron chi connectivity index (χ0n) is 19.4. The van der Waals surface area contributed by atoms with Gasteiger partial charge in [-0.25, -0.2) is 14.4 Å². The highest BCUT2D eigenvalue weighted by molar-refractivity contribution is 5.78.